The van der Waals surface area contributed by atoms with Gasteiger partial charge in [-0.2, -0.15) is 0 Å². The van der Waals surface area contributed by atoms with Crippen LogP contribution in [0.25, 0.3) is 0 Å². The number of nitrogens with zero attached hydrogens (tertiary/aromatic N) is 1. The highest BCUT2D eigenvalue weighted by molar-refractivity contribution is 7.89. The molecule has 2 aromatic carbocycles. The van der Waals surface area contributed by atoms with Gasteiger partial charge in [0.05, 0.1) is 12.0 Å². The maximum atomic E-state index is 12.3. The third-order valence-corrected chi connectivity index (χ3v) is 5.45. The van der Waals surface area contributed by atoms with Gasteiger partial charge in [-0.05, 0) is 48.4 Å². The number of hydrogen-bond donors (Lipinski definition) is 1. The first-order valence-corrected chi connectivity index (χ1v) is 9.36. The average Bonchev–Trinajstić information content (AvgIpc) is 2.63. The van der Waals surface area contributed by atoms with Crippen molar-refractivity contribution >= 4 is 21.6 Å². The van der Waals surface area contributed by atoms with Crippen LogP contribution >= 0.6 is 0 Å². The normalized spacial score (nSPS) is 11.5. The van der Waals surface area contributed by atoms with Crippen LogP contribution in [0.2, 0.25) is 0 Å². The molecule has 134 valence electrons. The third-order valence-electron chi connectivity index (χ3n) is 3.76. The van der Waals surface area contributed by atoms with E-state index in [1.54, 1.807) is 0 Å². The number of carbonyl (C=O) groups excluding carboxylic acids is 1. The molecule has 0 bridgehead atoms. The number of benzene rings is 2. The molecule has 1 N–H and O–H groups in total. The average molecular weight is 362 g/mol. The van der Waals surface area contributed by atoms with E-state index in [2.05, 4.69) is 12.2 Å². The monoisotopic (exact) mass is 362 g/mol. The van der Waals surface area contributed by atoms with Gasteiger partial charge in [0.1, 0.15) is 0 Å². The van der Waals surface area contributed by atoms with Gasteiger partial charge >= 0.3 is 0 Å². The molecule has 0 atom stereocenters. The summed E-state index contributed by atoms with van der Waals surface area (Å²) in [5.41, 5.74) is 2.29. The molecular formula is C18H22N2O4S. The molecule has 0 aliphatic heterocycles. The topological polar surface area (TPSA) is 75.7 Å². The summed E-state index contributed by atoms with van der Waals surface area (Å²) < 4.78 is 25.0. The molecule has 1 amide bonds. The van der Waals surface area contributed by atoms with Crippen LogP contribution in [0.1, 0.15) is 29.3 Å². The summed E-state index contributed by atoms with van der Waals surface area (Å²) in [4.78, 5) is 17.1. The van der Waals surface area contributed by atoms with Crippen LogP contribution in [-0.2, 0) is 21.3 Å². The zero-order valence-corrected chi connectivity index (χ0v) is 15.3. The van der Waals surface area contributed by atoms with Gasteiger partial charge in [0.2, 0.25) is 0 Å². The Kier molecular flexibility index (Phi) is 6.30. The number of rotatable bonds is 7. The quantitative estimate of drug-likeness (QED) is 0.768. The van der Waals surface area contributed by atoms with Crippen LogP contribution in [-0.4, -0.2) is 33.0 Å². The summed E-state index contributed by atoms with van der Waals surface area (Å²) in [5, 5.41) is 2.80. The highest BCUT2D eigenvalue weighted by Gasteiger charge is 2.20. The van der Waals surface area contributed by atoms with Crippen molar-refractivity contribution in [3.63, 3.8) is 0 Å². The molecule has 0 heterocycles. The predicted molar refractivity (Wildman–Crippen MR) is 96.8 cm³/mol. The van der Waals surface area contributed by atoms with Crippen molar-refractivity contribution in [1.82, 2.24) is 4.47 Å². The van der Waals surface area contributed by atoms with Crippen LogP contribution < -0.4 is 5.32 Å². The van der Waals surface area contributed by atoms with Crippen LogP contribution in [0, 0.1) is 0 Å². The zero-order valence-electron chi connectivity index (χ0n) is 14.5. The van der Waals surface area contributed by atoms with Gasteiger partial charge in [0, 0.05) is 18.3 Å². The fourth-order valence-electron chi connectivity index (χ4n) is 2.27. The Balaban J connectivity index is 2.10. The molecule has 0 saturated heterocycles. The number of amides is 1. The lowest BCUT2D eigenvalue weighted by molar-refractivity contribution is -0.0258. The largest absolute Gasteiger partial charge is 0.322 e. The van der Waals surface area contributed by atoms with E-state index in [0.717, 1.165) is 17.3 Å². The molecule has 0 radical (unpaired) electrons. The van der Waals surface area contributed by atoms with Crippen molar-refractivity contribution in [3.8, 4) is 0 Å². The van der Waals surface area contributed by atoms with Gasteiger partial charge in [-0.1, -0.05) is 29.9 Å². The highest BCUT2D eigenvalue weighted by Crippen LogP contribution is 2.17. The molecule has 2 aromatic rings. The fraction of sp³-hybridized carbons (Fsp3) is 0.278. The van der Waals surface area contributed by atoms with E-state index in [0.29, 0.717) is 11.3 Å². The van der Waals surface area contributed by atoms with E-state index in [-0.39, 0.29) is 10.8 Å². The van der Waals surface area contributed by atoms with Crippen molar-refractivity contribution in [2.24, 2.45) is 0 Å². The molecule has 0 saturated carbocycles. The first-order valence-electron chi connectivity index (χ1n) is 7.92. The minimum absolute atomic E-state index is 0.0531. The highest BCUT2D eigenvalue weighted by atomic mass is 32.2. The van der Waals surface area contributed by atoms with Crippen molar-refractivity contribution in [2.45, 2.75) is 24.7 Å². The molecule has 0 fully saturated rings. The Morgan fingerprint density at radius 1 is 1.08 bits per heavy atom. The molecule has 0 aromatic heterocycles. The van der Waals surface area contributed by atoms with Gasteiger partial charge in [-0.25, -0.2) is 8.42 Å². The van der Waals surface area contributed by atoms with Crippen molar-refractivity contribution in [3.05, 3.63) is 59.7 Å². The van der Waals surface area contributed by atoms with E-state index >= 15 is 0 Å². The summed E-state index contributed by atoms with van der Waals surface area (Å²) in [6.45, 7) is 2.12. The van der Waals surface area contributed by atoms with Gasteiger partial charge in [-0.15, -0.1) is 0 Å². The van der Waals surface area contributed by atoms with E-state index in [1.165, 1.54) is 44.0 Å². The molecule has 0 unspecified atom stereocenters. The van der Waals surface area contributed by atoms with E-state index in [9.17, 15) is 13.2 Å². The third kappa shape index (κ3) is 4.66. The number of anilines is 1. The van der Waals surface area contributed by atoms with Gasteiger partial charge in [-0.3, -0.25) is 9.63 Å². The lowest BCUT2D eigenvalue weighted by Gasteiger charge is -2.14. The Labute approximate surface area is 148 Å². The molecule has 7 heteroatoms. The number of carbonyl (C=O) groups is 1. The maximum absolute atomic E-state index is 12.3. The van der Waals surface area contributed by atoms with Gasteiger partial charge in [0.25, 0.3) is 15.9 Å². The minimum atomic E-state index is -3.72. The van der Waals surface area contributed by atoms with Crippen LogP contribution in [0.4, 0.5) is 5.69 Å². The molecule has 25 heavy (non-hydrogen) atoms. The van der Waals surface area contributed by atoms with E-state index in [4.69, 9.17) is 4.84 Å². The fourth-order valence-corrected chi connectivity index (χ4v) is 3.24. The zero-order chi connectivity index (χ0) is 18.4. The standard InChI is InChI=1S/C18H22N2O4S/c1-4-5-14-6-10-16(11-7-14)19-18(21)15-8-12-17(13-9-15)25(22,23)20(2)24-3/h6-13H,4-5H2,1-3H3,(H,19,21). The summed E-state index contributed by atoms with van der Waals surface area (Å²) in [6, 6.07) is 13.4. The Bertz CT molecular complexity index is 815. The van der Waals surface area contributed by atoms with E-state index in [1.807, 2.05) is 24.3 Å². The second-order valence-corrected chi connectivity index (χ2v) is 7.46. The molecule has 0 aliphatic carbocycles. The number of aryl methyl sites for hydroxylation is 1. The molecule has 0 aliphatic rings. The maximum Gasteiger partial charge on any atom is 0.264 e. The molecule has 0 spiro atoms. The van der Waals surface area contributed by atoms with Gasteiger partial charge < -0.3 is 5.32 Å². The molecule has 2 rings (SSSR count). The summed E-state index contributed by atoms with van der Waals surface area (Å²) >= 11 is 0. The van der Waals surface area contributed by atoms with Crippen LogP contribution in [0.5, 0.6) is 0 Å². The first kappa shape index (κ1) is 19.1. The summed E-state index contributed by atoms with van der Waals surface area (Å²) in [5.74, 6) is -0.299. The second-order valence-electron chi connectivity index (χ2n) is 5.52. The number of nitrogens with one attached hydrogen (secondary N) is 1. The Morgan fingerprint density at radius 3 is 2.20 bits per heavy atom. The Hall–Kier alpha value is -2.22. The van der Waals surface area contributed by atoms with E-state index < -0.39 is 10.0 Å². The summed E-state index contributed by atoms with van der Waals surface area (Å²) in [7, 11) is -1.15. The molecule has 6 nitrogen and oxygen atoms in total. The summed E-state index contributed by atoms with van der Waals surface area (Å²) in [6.07, 6.45) is 2.07. The minimum Gasteiger partial charge on any atom is -0.322 e. The molecular weight excluding hydrogens is 340 g/mol. The second kappa shape index (κ2) is 8.24. The lowest BCUT2D eigenvalue weighted by Crippen LogP contribution is -2.25. The number of hydrogen-bond acceptors (Lipinski definition) is 4. The van der Waals surface area contributed by atoms with Crippen molar-refractivity contribution in [2.75, 3.05) is 19.5 Å². The Morgan fingerprint density at radius 2 is 1.68 bits per heavy atom. The predicted octanol–water partition coefficient (Wildman–Crippen LogP) is 3.07. The smallest absolute Gasteiger partial charge is 0.264 e. The van der Waals surface area contributed by atoms with Crippen LogP contribution in [0.3, 0.4) is 0 Å². The van der Waals surface area contributed by atoms with Gasteiger partial charge in [0.15, 0.2) is 0 Å². The lowest BCUT2D eigenvalue weighted by atomic mass is 10.1. The number of hydroxylamine groups is 1. The SMILES string of the molecule is CCCc1ccc(NC(=O)c2ccc(S(=O)(=O)N(C)OC)cc2)cc1. The number of sulfonamides is 1. The van der Waals surface area contributed by atoms with Crippen LogP contribution in [0.15, 0.2) is 53.4 Å². The van der Waals surface area contributed by atoms with Crippen molar-refractivity contribution < 1.29 is 18.0 Å². The first-order chi connectivity index (χ1) is 11.9. The van der Waals surface area contributed by atoms with Crippen molar-refractivity contribution in [1.29, 1.82) is 0 Å².